The van der Waals surface area contributed by atoms with Crippen molar-refractivity contribution in [2.75, 3.05) is 32.5 Å². The van der Waals surface area contributed by atoms with Crippen molar-refractivity contribution in [3.63, 3.8) is 0 Å². The maximum atomic E-state index is 11.8. The Morgan fingerprint density at radius 1 is 1.44 bits per heavy atom. The van der Waals surface area contributed by atoms with Crippen LogP contribution >= 0.6 is 11.3 Å². The average Bonchev–Trinajstić information content (AvgIpc) is 2.81. The molecule has 7 heteroatoms. The summed E-state index contributed by atoms with van der Waals surface area (Å²) in [4.78, 5) is 13.9. The molecule has 1 amide bonds. The molecule has 1 atom stereocenters. The van der Waals surface area contributed by atoms with Gasteiger partial charge in [0.1, 0.15) is 0 Å². The van der Waals surface area contributed by atoms with Gasteiger partial charge in [0.15, 0.2) is 0 Å². The highest BCUT2D eigenvalue weighted by Crippen LogP contribution is 2.14. The first-order valence-electron chi connectivity index (χ1n) is 6.06. The second-order valence-electron chi connectivity index (χ2n) is 4.36. The van der Waals surface area contributed by atoms with Gasteiger partial charge in [-0.25, -0.2) is 0 Å². The van der Waals surface area contributed by atoms with E-state index in [-0.39, 0.29) is 5.91 Å². The molecule has 0 spiro atoms. The smallest absolute Gasteiger partial charge is 0.282 e. The first-order chi connectivity index (χ1) is 8.54. The average molecular weight is 271 g/mol. The van der Waals surface area contributed by atoms with Crippen LogP contribution in [0.4, 0.5) is 5.13 Å². The number of nitrogens with one attached hydrogen (secondary N) is 2. The van der Waals surface area contributed by atoms with Crippen LogP contribution in [0.2, 0.25) is 0 Å². The molecule has 1 unspecified atom stereocenters. The van der Waals surface area contributed by atoms with Crippen LogP contribution in [0.15, 0.2) is 0 Å². The number of hydrogen-bond acceptors (Lipinski definition) is 6. The number of hydrogen-bond donors (Lipinski definition) is 2. The quantitative estimate of drug-likeness (QED) is 0.775. The summed E-state index contributed by atoms with van der Waals surface area (Å²) in [5, 5.41) is 14.9. The number of likely N-dealkylation sites (N-methyl/N-ethyl adjacent to an activating group) is 1. The highest BCUT2D eigenvalue weighted by Gasteiger charge is 2.13. The Balaban J connectivity index is 2.44. The molecule has 1 heterocycles. The lowest BCUT2D eigenvalue weighted by atomic mass is 10.3. The number of nitrogens with zero attached hydrogens (tertiary/aromatic N) is 3. The van der Waals surface area contributed by atoms with E-state index >= 15 is 0 Å². The van der Waals surface area contributed by atoms with Crippen molar-refractivity contribution in [1.82, 2.24) is 20.4 Å². The summed E-state index contributed by atoms with van der Waals surface area (Å²) in [6.45, 7) is 5.57. The van der Waals surface area contributed by atoms with Crippen LogP contribution in [-0.2, 0) is 0 Å². The van der Waals surface area contributed by atoms with Gasteiger partial charge in [0.2, 0.25) is 10.1 Å². The molecule has 0 saturated carbocycles. The Morgan fingerprint density at radius 2 is 2.17 bits per heavy atom. The molecule has 0 fully saturated rings. The Kier molecular flexibility index (Phi) is 6.00. The van der Waals surface area contributed by atoms with Gasteiger partial charge >= 0.3 is 0 Å². The van der Waals surface area contributed by atoms with E-state index in [1.165, 1.54) is 11.3 Å². The first kappa shape index (κ1) is 14.8. The molecular weight excluding hydrogens is 250 g/mol. The lowest BCUT2D eigenvalue weighted by Crippen LogP contribution is -2.38. The first-order valence-corrected chi connectivity index (χ1v) is 6.88. The third-order valence-electron chi connectivity index (χ3n) is 2.59. The fraction of sp³-hybridized carbons (Fsp3) is 0.727. The van der Waals surface area contributed by atoms with Gasteiger partial charge in [-0.2, -0.15) is 0 Å². The second kappa shape index (κ2) is 7.27. The zero-order valence-electron chi connectivity index (χ0n) is 11.4. The van der Waals surface area contributed by atoms with Gasteiger partial charge in [0.05, 0.1) is 0 Å². The highest BCUT2D eigenvalue weighted by atomic mass is 32.1. The van der Waals surface area contributed by atoms with E-state index in [1.807, 2.05) is 14.1 Å². The van der Waals surface area contributed by atoms with Gasteiger partial charge in [-0.1, -0.05) is 18.3 Å². The zero-order chi connectivity index (χ0) is 13.5. The van der Waals surface area contributed by atoms with Crippen LogP contribution in [0.5, 0.6) is 0 Å². The maximum absolute atomic E-state index is 11.8. The van der Waals surface area contributed by atoms with E-state index in [1.54, 1.807) is 0 Å². The fourth-order valence-electron chi connectivity index (χ4n) is 1.12. The molecule has 0 radical (unpaired) electrons. The molecule has 6 nitrogen and oxygen atoms in total. The Hall–Kier alpha value is -1.21. The predicted molar refractivity (Wildman–Crippen MR) is 74.2 cm³/mol. The summed E-state index contributed by atoms with van der Waals surface area (Å²) in [5.74, 6) is -0.161. The molecule has 0 saturated heterocycles. The minimum Gasteiger partial charge on any atom is -0.360 e. The van der Waals surface area contributed by atoms with E-state index in [9.17, 15) is 4.79 Å². The van der Waals surface area contributed by atoms with Crippen molar-refractivity contribution < 1.29 is 4.79 Å². The standard InChI is InChI=1S/C11H21N5OS/c1-5-6-12-11-15-14-10(18-11)9(17)13-7-8(2)16(3)4/h8H,5-7H2,1-4H3,(H,12,15)(H,13,17). The van der Waals surface area contributed by atoms with Gasteiger partial charge < -0.3 is 15.5 Å². The molecule has 1 aromatic rings. The van der Waals surface area contributed by atoms with Crippen molar-refractivity contribution in [3.05, 3.63) is 5.01 Å². The number of anilines is 1. The summed E-state index contributed by atoms with van der Waals surface area (Å²) in [6, 6.07) is 0.291. The molecule has 102 valence electrons. The van der Waals surface area contributed by atoms with E-state index < -0.39 is 0 Å². The minimum absolute atomic E-state index is 0.161. The molecule has 0 aliphatic heterocycles. The van der Waals surface area contributed by atoms with Gasteiger partial charge in [-0.15, -0.1) is 10.2 Å². The molecule has 0 aromatic carbocycles. The molecule has 18 heavy (non-hydrogen) atoms. The van der Waals surface area contributed by atoms with E-state index in [2.05, 4.69) is 39.6 Å². The molecule has 1 aromatic heterocycles. The van der Waals surface area contributed by atoms with Crippen molar-refractivity contribution in [2.24, 2.45) is 0 Å². The van der Waals surface area contributed by atoms with Gasteiger partial charge in [0, 0.05) is 19.1 Å². The summed E-state index contributed by atoms with van der Waals surface area (Å²) in [5.41, 5.74) is 0. The maximum Gasteiger partial charge on any atom is 0.282 e. The SMILES string of the molecule is CCCNc1nnc(C(=O)NCC(C)N(C)C)s1. The lowest BCUT2D eigenvalue weighted by molar-refractivity contribution is 0.0942. The normalized spacial score (nSPS) is 12.5. The van der Waals surface area contributed by atoms with Crippen molar-refractivity contribution in [2.45, 2.75) is 26.3 Å². The van der Waals surface area contributed by atoms with E-state index in [0.717, 1.165) is 13.0 Å². The number of carbonyl (C=O) groups is 1. The lowest BCUT2D eigenvalue weighted by Gasteiger charge is -2.19. The molecule has 0 aliphatic rings. The van der Waals surface area contributed by atoms with Crippen LogP contribution in [0.25, 0.3) is 0 Å². The predicted octanol–water partition coefficient (Wildman–Crippen LogP) is 1.04. The van der Waals surface area contributed by atoms with Crippen LogP contribution < -0.4 is 10.6 Å². The Morgan fingerprint density at radius 3 is 2.78 bits per heavy atom. The minimum atomic E-state index is -0.161. The zero-order valence-corrected chi connectivity index (χ0v) is 12.2. The van der Waals surface area contributed by atoms with Crippen molar-refractivity contribution in [1.29, 1.82) is 0 Å². The number of rotatable bonds is 7. The van der Waals surface area contributed by atoms with Crippen LogP contribution in [-0.4, -0.2) is 54.2 Å². The fourth-order valence-corrected chi connectivity index (χ4v) is 1.80. The Labute approximate surface area is 112 Å². The summed E-state index contributed by atoms with van der Waals surface area (Å²) < 4.78 is 0. The van der Waals surface area contributed by atoms with Crippen molar-refractivity contribution >= 4 is 22.4 Å². The molecule has 0 bridgehead atoms. The van der Waals surface area contributed by atoms with Crippen LogP contribution in [0, 0.1) is 0 Å². The van der Waals surface area contributed by atoms with Gasteiger partial charge in [0.25, 0.3) is 5.91 Å². The third-order valence-corrected chi connectivity index (χ3v) is 3.46. The molecular formula is C11H21N5OS. The molecule has 2 N–H and O–H groups in total. The van der Waals surface area contributed by atoms with Gasteiger partial charge in [-0.3, -0.25) is 4.79 Å². The van der Waals surface area contributed by atoms with Gasteiger partial charge in [-0.05, 0) is 27.4 Å². The largest absolute Gasteiger partial charge is 0.360 e. The van der Waals surface area contributed by atoms with E-state index in [0.29, 0.717) is 22.7 Å². The number of carbonyl (C=O) groups excluding carboxylic acids is 1. The van der Waals surface area contributed by atoms with E-state index in [4.69, 9.17) is 0 Å². The Bertz CT molecular complexity index is 379. The second-order valence-corrected chi connectivity index (χ2v) is 5.34. The van der Waals surface area contributed by atoms with Crippen molar-refractivity contribution in [3.8, 4) is 0 Å². The molecule has 0 aliphatic carbocycles. The number of amides is 1. The summed E-state index contributed by atoms with van der Waals surface area (Å²) in [6.07, 6.45) is 1.02. The monoisotopic (exact) mass is 271 g/mol. The summed E-state index contributed by atoms with van der Waals surface area (Å²) >= 11 is 1.28. The van der Waals surface area contributed by atoms with Crippen LogP contribution in [0.1, 0.15) is 30.1 Å². The number of aromatic nitrogens is 2. The highest BCUT2D eigenvalue weighted by molar-refractivity contribution is 7.17. The summed E-state index contributed by atoms with van der Waals surface area (Å²) in [7, 11) is 3.96. The van der Waals surface area contributed by atoms with Crippen LogP contribution in [0.3, 0.4) is 0 Å². The molecule has 1 rings (SSSR count). The topological polar surface area (TPSA) is 70.1 Å². The third kappa shape index (κ3) is 4.58.